The van der Waals surface area contributed by atoms with Crippen LogP contribution in [0.25, 0.3) is 0 Å². The van der Waals surface area contributed by atoms with Crippen molar-refractivity contribution >= 4 is 0 Å². The lowest BCUT2D eigenvalue weighted by atomic mass is 10.0. The Hall–Kier alpha value is -0.120. The van der Waals surface area contributed by atoms with Gasteiger partial charge in [0, 0.05) is 25.7 Å². The Balaban J connectivity index is 1.74. The van der Waals surface area contributed by atoms with Crippen LogP contribution in [-0.4, -0.2) is 48.3 Å². The van der Waals surface area contributed by atoms with Crippen LogP contribution in [0, 0.1) is 5.92 Å². The third-order valence-electron chi connectivity index (χ3n) is 4.06. The largest absolute Gasteiger partial charge is 0.392 e. The lowest BCUT2D eigenvalue weighted by Gasteiger charge is -2.25. The van der Waals surface area contributed by atoms with Gasteiger partial charge >= 0.3 is 0 Å². The predicted octanol–water partition coefficient (Wildman–Crippen LogP) is 1.22. The van der Waals surface area contributed by atoms with Crippen LogP contribution in [0.5, 0.6) is 0 Å². The number of rotatable bonds is 5. The predicted molar refractivity (Wildman–Crippen MR) is 66.5 cm³/mol. The third kappa shape index (κ3) is 3.19. The summed E-state index contributed by atoms with van der Waals surface area (Å²) in [5.74, 6) is 0.817. The van der Waals surface area contributed by atoms with E-state index in [1.165, 1.54) is 32.2 Å². The van der Waals surface area contributed by atoms with Gasteiger partial charge in [-0.25, -0.2) is 0 Å². The van der Waals surface area contributed by atoms with Crippen molar-refractivity contribution in [3.05, 3.63) is 0 Å². The first-order valence-corrected chi connectivity index (χ1v) is 6.93. The molecule has 1 saturated carbocycles. The highest BCUT2D eigenvalue weighted by Gasteiger charge is 2.30. The quantitative estimate of drug-likeness (QED) is 0.740. The third-order valence-corrected chi connectivity index (χ3v) is 4.06. The van der Waals surface area contributed by atoms with Crippen LogP contribution in [0.15, 0.2) is 0 Å². The van der Waals surface area contributed by atoms with Gasteiger partial charge in [0.05, 0.1) is 6.10 Å². The lowest BCUT2D eigenvalue weighted by Crippen LogP contribution is -2.39. The summed E-state index contributed by atoms with van der Waals surface area (Å²) >= 11 is 0. The van der Waals surface area contributed by atoms with E-state index in [-0.39, 0.29) is 6.10 Å². The molecule has 2 fully saturated rings. The summed E-state index contributed by atoms with van der Waals surface area (Å²) in [6.45, 7) is 6.57. The van der Waals surface area contributed by atoms with Crippen LogP contribution >= 0.6 is 0 Å². The van der Waals surface area contributed by atoms with Gasteiger partial charge in [0.2, 0.25) is 0 Å². The summed E-state index contributed by atoms with van der Waals surface area (Å²) in [6, 6.07) is 0.734. The summed E-state index contributed by atoms with van der Waals surface area (Å²) < 4.78 is 0. The van der Waals surface area contributed by atoms with Crippen molar-refractivity contribution in [3.8, 4) is 0 Å². The van der Waals surface area contributed by atoms with Crippen LogP contribution in [0.3, 0.4) is 0 Å². The molecule has 3 unspecified atom stereocenters. The van der Waals surface area contributed by atoms with E-state index in [2.05, 4.69) is 17.1 Å². The maximum atomic E-state index is 9.52. The topological polar surface area (TPSA) is 35.5 Å². The number of aliphatic hydroxyl groups is 1. The van der Waals surface area contributed by atoms with E-state index in [0.717, 1.165) is 38.0 Å². The van der Waals surface area contributed by atoms with Gasteiger partial charge in [0.1, 0.15) is 0 Å². The van der Waals surface area contributed by atoms with Gasteiger partial charge in [-0.2, -0.15) is 0 Å². The maximum Gasteiger partial charge on any atom is 0.0679 e. The van der Waals surface area contributed by atoms with Gasteiger partial charge in [-0.15, -0.1) is 0 Å². The van der Waals surface area contributed by atoms with Crippen molar-refractivity contribution in [1.29, 1.82) is 0 Å². The van der Waals surface area contributed by atoms with E-state index >= 15 is 0 Å². The van der Waals surface area contributed by atoms with E-state index in [1.54, 1.807) is 0 Å². The number of likely N-dealkylation sites (tertiary alicyclic amines) is 1. The molecule has 0 aromatic rings. The van der Waals surface area contributed by atoms with Crippen molar-refractivity contribution in [1.82, 2.24) is 10.2 Å². The molecule has 0 aromatic carbocycles. The molecule has 0 spiro atoms. The van der Waals surface area contributed by atoms with E-state index < -0.39 is 0 Å². The van der Waals surface area contributed by atoms with E-state index in [9.17, 15) is 5.11 Å². The molecule has 0 bridgehead atoms. The number of aliphatic hydroxyl groups excluding tert-OH is 1. The molecular weight excluding hydrogens is 200 g/mol. The fraction of sp³-hybridized carbons (Fsp3) is 1.00. The fourth-order valence-electron chi connectivity index (χ4n) is 3.16. The van der Waals surface area contributed by atoms with E-state index in [1.807, 2.05) is 0 Å². The molecule has 1 aliphatic carbocycles. The standard InChI is InChI=1S/C13H26N2O/c1-2-7-14-13-5-3-4-11(13)9-15-8-6-12(16)10-15/h11-14,16H,2-10H2,1H3. The van der Waals surface area contributed by atoms with Crippen molar-refractivity contribution in [2.75, 3.05) is 26.2 Å². The molecule has 3 heteroatoms. The first-order valence-electron chi connectivity index (χ1n) is 6.93. The van der Waals surface area contributed by atoms with Crippen LogP contribution in [-0.2, 0) is 0 Å². The van der Waals surface area contributed by atoms with Crippen LogP contribution < -0.4 is 5.32 Å². The van der Waals surface area contributed by atoms with Crippen LogP contribution in [0.1, 0.15) is 39.0 Å². The molecule has 2 N–H and O–H groups in total. The first-order chi connectivity index (χ1) is 7.79. The molecule has 0 radical (unpaired) electrons. The Kier molecular flexibility index (Phi) is 4.62. The van der Waals surface area contributed by atoms with Gasteiger partial charge in [-0.3, -0.25) is 0 Å². The van der Waals surface area contributed by atoms with Crippen molar-refractivity contribution in [2.24, 2.45) is 5.92 Å². The van der Waals surface area contributed by atoms with Gasteiger partial charge in [-0.1, -0.05) is 13.3 Å². The van der Waals surface area contributed by atoms with E-state index in [4.69, 9.17) is 0 Å². The summed E-state index contributed by atoms with van der Waals surface area (Å²) in [7, 11) is 0. The molecule has 1 saturated heterocycles. The SMILES string of the molecule is CCCNC1CCCC1CN1CCC(O)C1. The van der Waals surface area contributed by atoms with Crippen molar-refractivity contribution in [3.63, 3.8) is 0 Å². The molecule has 94 valence electrons. The molecule has 3 atom stereocenters. The molecule has 1 heterocycles. The molecule has 1 aliphatic heterocycles. The zero-order valence-electron chi connectivity index (χ0n) is 10.5. The molecule has 0 aromatic heterocycles. The lowest BCUT2D eigenvalue weighted by molar-refractivity contribution is 0.167. The molecule has 16 heavy (non-hydrogen) atoms. The van der Waals surface area contributed by atoms with Gasteiger partial charge in [-0.05, 0) is 38.1 Å². The minimum absolute atomic E-state index is 0.0662. The average molecular weight is 226 g/mol. The Morgan fingerprint density at radius 3 is 2.88 bits per heavy atom. The maximum absolute atomic E-state index is 9.52. The normalized spacial score (nSPS) is 36.0. The van der Waals surface area contributed by atoms with Crippen LogP contribution in [0.2, 0.25) is 0 Å². The highest BCUT2D eigenvalue weighted by molar-refractivity contribution is 4.87. The van der Waals surface area contributed by atoms with Gasteiger partial charge < -0.3 is 15.3 Å². The average Bonchev–Trinajstić information content (AvgIpc) is 2.86. The molecule has 2 rings (SSSR count). The van der Waals surface area contributed by atoms with Crippen molar-refractivity contribution in [2.45, 2.75) is 51.2 Å². The number of nitrogens with one attached hydrogen (secondary N) is 1. The zero-order chi connectivity index (χ0) is 11.4. The second kappa shape index (κ2) is 5.99. The molecule has 2 aliphatic rings. The Bertz CT molecular complexity index is 210. The van der Waals surface area contributed by atoms with Gasteiger partial charge in [0.15, 0.2) is 0 Å². The van der Waals surface area contributed by atoms with Crippen molar-refractivity contribution < 1.29 is 5.11 Å². The highest BCUT2D eigenvalue weighted by atomic mass is 16.3. The Morgan fingerprint density at radius 2 is 2.19 bits per heavy atom. The summed E-state index contributed by atoms with van der Waals surface area (Å²) in [5, 5.41) is 13.2. The summed E-state index contributed by atoms with van der Waals surface area (Å²) in [5.41, 5.74) is 0. The minimum atomic E-state index is -0.0662. The van der Waals surface area contributed by atoms with Gasteiger partial charge in [0.25, 0.3) is 0 Å². The fourth-order valence-corrected chi connectivity index (χ4v) is 3.16. The molecular formula is C13H26N2O. The molecule has 3 nitrogen and oxygen atoms in total. The number of nitrogens with zero attached hydrogens (tertiary/aromatic N) is 1. The monoisotopic (exact) mass is 226 g/mol. The molecule has 0 amide bonds. The summed E-state index contributed by atoms with van der Waals surface area (Å²) in [4.78, 5) is 2.45. The number of hydrogen-bond donors (Lipinski definition) is 2. The van der Waals surface area contributed by atoms with E-state index in [0.29, 0.717) is 0 Å². The zero-order valence-corrected chi connectivity index (χ0v) is 10.5. The Labute approximate surface area is 99.2 Å². The van der Waals surface area contributed by atoms with Crippen LogP contribution in [0.4, 0.5) is 0 Å². The first kappa shape index (κ1) is 12.3. The number of β-amino-alcohol motifs (C(OH)–C–C–N with tert-alkyl or cyclic N) is 1. The minimum Gasteiger partial charge on any atom is -0.392 e. The smallest absolute Gasteiger partial charge is 0.0679 e. The second-order valence-electron chi connectivity index (χ2n) is 5.45. The summed E-state index contributed by atoms with van der Waals surface area (Å²) in [6.07, 6.45) is 6.23. The highest BCUT2D eigenvalue weighted by Crippen LogP contribution is 2.27. The second-order valence-corrected chi connectivity index (χ2v) is 5.45. The number of hydrogen-bond acceptors (Lipinski definition) is 3. The Morgan fingerprint density at radius 1 is 1.31 bits per heavy atom.